The Bertz CT molecular complexity index is 3830. The number of aromatic nitrogens is 4. The molecule has 324 valence electrons. The van der Waals surface area contributed by atoms with E-state index in [1.807, 2.05) is 11.3 Å². The van der Waals surface area contributed by atoms with Gasteiger partial charge in [-0.2, -0.15) is 0 Å². The first-order chi connectivity index (χ1) is 34.2. The molecule has 0 atom stereocenters. The summed E-state index contributed by atoms with van der Waals surface area (Å²) >= 11 is 1.84. The highest BCUT2D eigenvalue weighted by Crippen LogP contribution is 2.37. The predicted molar refractivity (Wildman–Crippen MR) is 292 cm³/mol. The van der Waals surface area contributed by atoms with Crippen molar-refractivity contribution < 1.29 is 0 Å². The van der Waals surface area contributed by atoms with Gasteiger partial charge in [-0.05, 0) is 80.4 Å². The van der Waals surface area contributed by atoms with Crippen LogP contribution in [0.5, 0.6) is 0 Å². The van der Waals surface area contributed by atoms with Crippen LogP contribution in [-0.4, -0.2) is 27.6 Å². The molecule has 0 radical (unpaired) electrons. The molecule has 0 fully saturated rings. The van der Waals surface area contributed by atoms with E-state index in [0.717, 1.165) is 27.9 Å². The maximum Gasteiger partial charge on any atom is 0.179 e. The standard InChI is InChI=1S/C63H42N4SSi/c1-4-16-49(17-5-1)69(50-18-6-2-7-19-50,51-20-8-3-9-21-51)52-39-34-46(35-40-52)63-65-61(44-30-28-43(29-31-44)47-36-41-56-55-24-12-15-27-59(55)68-60(56)42-47)64-62(66-63)45-32-37-48(38-33-45)67-57-25-13-10-22-53(57)54-23-11-14-26-58(54)67/h1-42H. The first-order valence-electron chi connectivity index (χ1n) is 23.3. The minimum Gasteiger partial charge on any atom is -0.309 e. The highest BCUT2D eigenvalue weighted by molar-refractivity contribution is 7.25. The van der Waals surface area contributed by atoms with Crippen molar-refractivity contribution in [2.75, 3.05) is 0 Å². The second-order valence-electron chi connectivity index (χ2n) is 17.5. The smallest absolute Gasteiger partial charge is 0.179 e. The molecule has 0 N–H and O–H groups in total. The minimum atomic E-state index is -2.73. The molecule has 6 heteroatoms. The number of rotatable bonds is 9. The number of fused-ring (bicyclic) bond motifs is 6. The number of benzene rings is 10. The largest absolute Gasteiger partial charge is 0.309 e. The second-order valence-corrected chi connectivity index (χ2v) is 22.4. The zero-order chi connectivity index (χ0) is 45.7. The minimum absolute atomic E-state index is 0.619. The van der Waals surface area contributed by atoms with Crippen molar-refractivity contribution in [1.29, 1.82) is 0 Å². The summed E-state index contributed by atoms with van der Waals surface area (Å²) in [6.45, 7) is 0. The van der Waals surface area contributed by atoms with Gasteiger partial charge in [0.1, 0.15) is 0 Å². The third-order valence-electron chi connectivity index (χ3n) is 13.7. The molecule has 0 bridgehead atoms. The molecule has 0 aliphatic heterocycles. The van der Waals surface area contributed by atoms with E-state index < -0.39 is 8.07 Å². The zero-order valence-corrected chi connectivity index (χ0v) is 39.3. The number of hydrogen-bond acceptors (Lipinski definition) is 4. The third-order valence-corrected chi connectivity index (χ3v) is 19.6. The van der Waals surface area contributed by atoms with Gasteiger partial charge >= 0.3 is 0 Å². The van der Waals surface area contributed by atoms with Crippen molar-refractivity contribution in [3.05, 3.63) is 255 Å². The fraction of sp³-hybridized carbons (Fsp3) is 0. The second kappa shape index (κ2) is 17.0. The third kappa shape index (κ3) is 7.00. The van der Waals surface area contributed by atoms with Crippen LogP contribution in [0, 0.1) is 0 Å². The van der Waals surface area contributed by atoms with Crippen LogP contribution in [0.1, 0.15) is 0 Å². The molecule has 0 aliphatic carbocycles. The Morgan fingerprint density at radius 2 is 0.667 bits per heavy atom. The van der Waals surface area contributed by atoms with Crippen LogP contribution < -0.4 is 20.7 Å². The Morgan fingerprint density at radius 3 is 1.19 bits per heavy atom. The van der Waals surface area contributed by atoms with Gasteiger partial charge in [-0.25, -0.2) is 15.0 Å². The topological polar surface area (TPSA) is 43.6 Å². The van der Waals surface area contributed by atoms with E-state index in [9.17, 15) is 0 Å². The molecule has 0 saturated heterocycles. The molecule has 0 aliphatic rings. The molecule has 3 heterocycles. The van der Waals surface area contributed by atoms with E-state index in [2.05, 4.69) is 259 Å². The lowest BCUT2D eigenvalue weighted by molar-refractivity contribution is 1.07. The summed E-state index contributed by atoms with van der Waals surface area (Å²) in [4.78, 5) is 15.7. The number of hydrogen-bond donors (Lipinski definition) is 0. The van der Waals surface area contributed by atoms with Crippen LogP contribution in [0.25, 0.3) is 93.0 Å². The normalized spacial score (nSPS) is 11.8. The summed E-state index contributed by atoms with van der Waals surface area (Å²) in [7, 11) is -2.73. The lowest BCUT2D eigenvalue weighted by Gasteiger charge is -2.34. The van der Waals surface area contributed by atoms with Crippen molar-refractivity contribution in [1.82, 2.24) is 19.5 Å². The Balaban J connectivity index is 0.928. The van der Waals surface area contributed by atoms with E-state index in [-0.39, 0.29) is 0 Å². The van der Waals surface area contributed by atoms with Crippen molar-refractivity contribution in [3.63, 3.8) is 0 Å². The van der Waals surface area contributed by atoms with Crippen molar-refractivity contribution in [2.45, 2.75) is 0 Å². The highest BCUT2D eigenvalue weighted by atomic mass is 32.1. The average Bonchev–Trinajstić information content (AvgIpc) is 3.98. The van der Waals surface area contributed by atoms with Crippen LogP contribution >= 0.6 is 11.3 Å². The van der Waals surface area contributed by atoms with Crippen LogP contribution in [0.4, 0.5) is 0 Å². The van der Waals surface area contributed by atoms with Crippen molar-refractivity contribution in [3.8, 4) is 51.0 Å². The van der Waals surface area contributed by atoms with E-state index in [1.165, 1.54) is 68.3 Å². The van der Waals surface area contributed by atoms with E-state index in [4.69, 9.17) is 15.0 Å². The molecule has 0 unspecified atom stereocenters. The number of para-hydroxylation sites is 2. The van der Waals surface area contributed by atoms with Gasteiger partial charge in [0, 0.05) is 53.3 Å². The molecule has 0 amide bonds. The van der Waals surface area contributed by atoms with Gasteiger partial charge in [0.05, 0.1) is 11.0 Å². The highest BCUT2D eigenvalue weighted by Gasteiger charge is 2.41. The van der Waals surface area contributed by atoms with Gasteiger partial charge < -0.3 is 4.57 Å². The SMILES string of the molecule is c1ccc([Si](c2ccccc2)(c2ccccc2)c2ccc(-c3nc(-c4ccc(-c5ccc6c(c5)sc5ccccc56)cc4)nc(-c4ccc(-n5c6ccccc6c6ccccc65)cc4)n3)cc2)cc1. The monoisotopic (exact) mass is 914 g/mol. The number of thiophene rings is 1. The average molecular weight is 915 g/mol. The molecule has 3 aromatic heterocycles. The van der Waals surface area contributed by atoms with Gasteiger partial charge in [0.2, 0.25) is 0 Å². The maximum atomic E-state index is 5.25. The van der Waals surface area contributed by atoms with E-state index in [0.29, 0.717) is 17.5 Å². The van der Waals surface area contributed by atoms with Gasteiger partial charge in [-0.3, -0.25) is 0 Å². The lowest BCUT2D eigenvalue weighted by atomic mass is 10.0. The fourth-order valence-electron chi connectivity index (χ4n) is 10.4. The lowest BCUT2D eigenvalue weighted by Crippen LogP contribution is -2.74. The Hall–Kier alpha value is -8.55. The Labute approximate surface area is 405 Å². The summed E-state index contributed by atoms with van der Waals surface area (Å²) in [5.74, 6) is 1.87. The molecular weight excluding hydrogens is 873 g/mol. The zero-order valence-electron chi connectivity index (χ0n) is 37.4. The first kappa shape index (κ1) is 40.7. The molecule has 10 aromatic carbocycles. The summed E-state index contributed by atoms with van der Waals surface area (Å²) in [5.41, 5.74) is 8.52. The molecule has 13 aromatic rings. The van der Waals surface area contributed by atoms with Crippen LogP contribution in [0.15, 0.2) is 255 Å². The summed E-state index contributed by atoms with van der Waals surface area (Å²) < 4.78 is 4.93. The van der Waals surface area contributed by atoms with Crippen molar-refractivity contribution >= 4 is 82.1 Å². The molecule has 13 rings (SSSR count). The van der Waals surface area contributed by atoms with E-state index in [1.54, 1.807) is 0 Å². The Morgan fingerprint density at radius 1 is 0.290 bits per heavy atom. The van der Waals surface area contributed by atoms with E-state index >= 15 is 0 Å². The molecule has 0 spiro atoms. The number of nitrogens with zero attached hydrogens (tertiary/aromatic N) is 4. The van der Waals surface area contributed by atoms with Gasteiger partial charge in [-0.15, -0.1) is 11.3 Å². The molecular formula is C63H42N4SSi. The van der Waals surface area contributed by atoms with Crippen LogP contribution in [0.2, 0.25) is 0 Å². The molecule has 0 saturated carbocycles. The fourth-order valence-corrected chi connectivity index (χ4v) is 16.3. The Kier molecular flexibility index (Phi) is 10.00. The van der Waals surface area contributed by atoms with Crippen molar-refractivity contribution in [2.24, 2.45) is 0 Å². The quantitative estimate of drug-likeness (QED) is 0.107. The predicted octanol–water partition coefficient (Wildman–Crippen LogP) is 13.4. The summed E-state index contributed by atoms with van der Waals surface area (Å²) in [6, 6.07) is 92.0. The van der Waals surface area contributed by atoms with Crippen LogP contribution in [0.3, 0.4) is 0 Å². The molecule has 69 heavy (non-hydrogen) atoms. The van der Waals surface area contributed by atoms with Gasteiger partial charge in [0.15, 0.2) is 25.5 Å². The maximum absolute atomic E-state index is 5.25. The van der Waals surface area contributed by atoms with Gasteiger partial charge in [-0.1, -0.05) is 206 Å². The summed E-state index contributed by atoms with van der Waals surface area (Å²) in [5, 5.41) is 10.3. The van der Waals surface area contributed by atoms with Gasteiger partial charge in [0.25, 0.3) is 0 Å². The summed E-state index contributed by atoms with van der Waals surface area (Å²) in [6.07, 6.45) is 0. The molecule has 4 nitrogen and oxygen atoms in total. The van der Waals surface area contributed by atoms with Crippen LogP contribution in [-0.2, 0) is 0 Å². The first-order valence-corrected chi connectivity index (χ1v) is 26.2.